The highest BCUT2D eigenvalue weighted by atomic mass is 16.5. The van der Waals surface area contributed by atoms with Crippen LogP contribution in [-0.4, -0.2) is 37.4 Å². The van der Waals surface area contributed by atoms with Gasteiger partial charge in [-0.25, -0.2) is 4.79 Å². The summed E-state index contributed by atoms with van der Waals surface area (Å²) in [5.41, 5.74) is 3.94. The summed E-state index contributed by atoms with van der Waals surface area (Å²) in [6, 6.07) is 7.85. The number of aliphatic hydroxyl groups excluding tert-OH is 1. The van der Waals surface area contributed by atoms with Gasteiger partial charge in [-0.3, -0.25) is 4.79 Å². The summed E-state index contributed by atoms with van der Waals surface area (Å²) in [5.74, 6) is 1.65. The molecule has 0 saturated heterocycles. The normalized spacial score (nSPS) is 32.6. The van der Waals surface area contributed by atoms with Gasteiger partial charge in [0.2, 0.25) is 0 Å². The second-order valence-electron chi connectivity index (χ2n) is 19.1. The first-order chi connectivity index (χ1) is 30.2. The molecule has 0 heterocycles. The lowest BCUT2D eigenvalue weighted by Gasteiger charge is -2.73. The van der Waals surface area contributed by atoms with Crippen LogP contribution in [0.2, 0.25) is 0 Å². The molecule has 9 atom stereocenters. The topological polar surface area (TPSA) is 72.8 Å². The van der Waals surface area contributed by atoms with Gasteiger partial charge in [-0.2, -0.15) is 0 Å². The molecular weight excluding hydrogens is 777 g/mol. The molecule has 1 aromatic rings. The zero-order valence-electron chi connectivity index (χ0n) is 44.1. The molecule has 0 aliphatic heterocycles. The van der Waals surface area contributed by atoms with E-state index < -0.39 is 0 Å². The second-order valence-corrected chi connectivity index (χ2v) is 19.1. The van der Waals surface area contributed by atoms with Crippen molar-refractivity contribution < 1.29 is 24.2 Å². The predicted molar refractivity (Wildman–Crippen MR) is 272 cm³/mol. The smallest absolute Gasteiger partial charge is 0.337 e. The predicted octanol–water partition coefficient (Wildman–Crippen LogP) is 16.5. The van der Waals surface area contributed by atoms with E-state index in [0.29, 0.717) is 35.8 Å². The number of aliphatic hydroxyl groups is 1. The van der Waals surface area contributed by atoms with E-state index in [-0.39, 0.29) is 51.5 Å². The molecule has 0 spiro atoms. The number of carbonyl (C=O) groups is 2. The number of rotatable bonds is 6. The molecule has 0 amide bonds. The number of methoxy groups -OCH3 is 1. The van der Waals surface area contributed by atoms with Crippen molar-refractivity contribution in [2.75, 3.05) is 20.3 Å². The molecule has 0 radical (unpaired) electrons. The molecule has 6 aliphatic carbocycles. The fourth-order valence-electron chi connectivity index (χ4n) is 13.3. The van der Waals surface area contributed by atoms with E-state index >= 15 is 0 Å². The number of ether oxygens (including phenoxy) is 2. The van der Waals surface area contributed by atoms with Crippen LogP contribution < -0.4 is 0 Å². The van der Waals surface area contributed by atoms with Crippen molar-refractivity contribution in [2.45, 2.75) is 195 Å². The zero-order chi connectivity index (χ0) is 48.2. The number of hydrogen-bond acceptors (Lipinski definition) is 5. The molecule has 1 aromatic carbocycles. The maximum Gasteiger partial charge on any atom is 0.337 e. The van der Waals surface area contributed by atoms with Crippen molar-refractivity contribution in [3.63, 3.8) is 0 Å². The van der Waals surface area contributed by atoms with Gasteiger partial charge >= 0.3 is 11.9 Å². The van der Waals surface area contributed by atoms with Crippen LogP contribution in [0.25, 0.3) is 5.57 Å². The number of carbonyl (C=O) groups excluding carboxylic acids is 2. The number of fused-ring (bicyclic) bond motifs is 7. The largest absolute Gasteiger partial charge is 0.465 e. The highest BCUT2D eigenvalue weighted by molar-refractivity contribution is 5.90. The first-order valence-electron chi connectivity index (χ1n) is 25.8. The summed E-state index contributed by atoms with van der Waals surface area (Å²) in [6.45, 7) is 37.4. The lowest BCUT2D eigenvalue weighted by atomic mass is 9.31. The summed E-state index contributed by atoms with van der Waals surface area (Å²) in [6.07, 6.45) is 26.2. The number of esters is 2. The summed E-state index contributed by atoms with van der Waals surface area (Å²) >= 11 is 0. The molecule has 1 N–H and O–H groups in total. The van der Waals surface area contributed by atoms with Crippen LogP contribution in [0.5, 0.6) is 0 Å². The van der Waals surface area contributed by atoms with Gasteiger partial charge in [0, 0.05) is 12.5 Å². The van der Waals surface area contributed by atoms with E-state index in [0.717, 1.165) is 75.3 Å². The van der Waals surface area contributed by atoms with Crippen LogP contribution in [0.3, 0.4) is 0 Å². The number of allylic oxidation sites excluding steroid dienone is 5. The van der Waals surface area contributed by atoms with Gasteiger partial charge in [0.25, 0.3) is 0 Å². The average Bonchev–Trinajstić information content (AvgIpc) is 3.77. The molecule has 6 aliphatic rings. The second kappa shape index (κ2) is 26.9. The van der Waals surface area contributed by atoms with Gasteiger partial charge in [-0.15, -0.1) is 0 Å². The fraction of sp³-hybridized carbons (Fsp3) is 0.724. The molecule has 5 nitrogen and oxygen atoms in total. The summed E-state index contributed by atoms with van der Waals surface area (Å²) in [4.78, 5) is 26.2. The average molecular weight is 875 g/mol. The minimum atomic E-state index is -0.324. The molecule has 7 rings (SSSR count). The fourth-order valence-corrected chi connectivity index (χ4v) is 13.3. The van der Waals surface area contributed by atoms with Gasteiger partial charge in [-0.1, -0.05) is 165 Å². The minimum Gasteiger partial charge on any atom is -0.465 e. The third-order valence-electron chi connectivity index (χ3n) is 16.3. The molecule has 0 bridgehead atoms. The van der Waals surface area contributed by atoms with Gasteiger partial charge < -0.3 is 14.6 Å². The van der Waals surface area contributed by atoms with Crippen molar-refractivity contribution in [1.29, 1.82) is 0 Å². The Morgan fingerprint density at radius 2 is 1.35 bits per heavy atom. The van der Waals surface area contributed by atoms with Crippen LogP contribution in [0.1, 0.15) is 211 Å². The highest BCUT2D eigenvalue weighted by Gasteiger charge is 2.71. The summed E-state index contributed by atoms with van der Waals surface area (Å²) < 4.78 is 11.1. The van der Waals surface area contributed by atoms with Crippen molar-refractivity contribution in [3.8, 4) is 0 Å². The standard InChI is InChI=1S/C43H58O5.C4H8.C3H8.4C2H6/c1-39(2)34(29-14-16-30(17-15-29)37(45)47-6)25-31(26-44)42(5)35(39)20-22-41(4)36(42)19-18-32-33-13-10-21-43(33,24-23-40(32,41)3)38(46)48-27-28-11-8-7-9-12-28;1-3-4-2;1-3-2;4*1-2/h8,11-12,14-17,25,31-33,35-36,44H,7,9-10,13,18-24,26-27H2,1-6H3;3-4H,1-2H3;3H2,1-2H3;4*1-2H3/b;4-3-;;;;;/t31?,32-,33-,35?,36?,40-,41-,42+,43+;;;;;;/m1....../s1. The lowest BCUT2D eigenvalue weighted by molar-refractivity contribution is -0.236. The van der Waals surface area contributed by atoms with Crippen LogP contribution >= 0.6 is 0 Å². The first-order valence-corrected chi connectivity index (χ1v) is 25.8. The van der Waals surface area contributed by atoms with Crippen molar-refractivity contribution in [1.82, 2.24) is 0 Å². The highest BCUT2D eigenvalue weighted by Crippen LogP contribution is 2.77. The Bertz CT molecular complexity index is 1630. The van der Waals surface area contributed by atoms with Gasteiger partial charge in [-0.05, 0) is 152 Å². The molecule has 4 saturated carbocycles. The Labute approximate surface area is 389 Å². The van der Waals surface area contributed by atoms with Gasteiger partial charge in [0.15, 0.2) is 0 Å². The molecule has 3 unspecified atom stereocenters. The van der Waals surface area contributed by atoms with Crippen LogP contribution in [0.15, 0.2) is 66.3 Å². The number of benzene rings is 1. The van der Waals surface area contributed by atoms with Gasteiger partial charge in [0.1, 0.15) is 6.61 Å². The third-order valence-corrected chi connectivity index (χ3v) is 16.3. The third kappa shape index (κ3) is 11.6. The van der Waals surface area contributed by atoms with Crippen LogP contribution in [0, 0.1) is 56.7 Å². The SMILES string of the molecule is C/C=C\C.CC.CC.CC.CC.CCC.COC(=O)c1ccc(C2=CC(CO)[C@@]3(C)C(CC[C@]4(C)C3CC[C@@H]3[C@H]5CCC[C@]5(C(=O)OCC5=CCCC=C5)CC[C@]34C)C2(C)C)cc1. The molecule has 63 heavy (non-hydrogen) atoms. The molecule has 360 valence electrons. The maximum atomic E-state index is 14.1. The first kappa shape index (κ1) is 58.1. The summed E-state index contributed by atoms with van der Waals surface area (Å²) in [5, 5.41) is 11.1. The maximum absolute atomic E-state index is 14.1. The van der Waals surface area contributed by atoms with Crippen LogP contribution in [0.4, 0.5) is 0 Å². The lowest BCUT2D eigenvalue weighted by Crippen LogP contribution is -2.67. The monoisotopic (exact) mass is 875 g/mol. The van der Waals surface area contributed by atoms with Crippen molar-refractivity contribution in [2.24, 2.45) is 56.7 Å². The quantitative estimate of drug-likeness (QED) is 0.228. The zero-order valence-corrected chi connectivity index (χ0v) is 44.1. The molecular formula is C58H98O5. The van der Waals surface area contributed by atoms with E-state index in [2.05, 4.69) is 84.9 Å². The van der Waals surface area contributed by atoms with Crippen molar-refractivity contribution >= 4 is 17.5 Å². The summed E-state index contributed by atoms with van der Waals surface area (Å²) in [7, 11) is 1.42. The molecule has 0 aromatic heterocycles. The Balaban J connectivity index is 0.00000118. The molecule has 5 heteroatoms. The Kier molecular flexibility index (Phi) is 24.8. The van der Waals surface area contributed by atoms with Crippen molar-refractivity contribution in [3.05, 3.63) is 77.4 Å². The van der Waals surface area contributed by atoms with E-state index in [1.807, 2.05) is 93.5 Å². The minimum absolute atomic E-state index is 0.0426. The van der Waals surface area contributed by atoms with Gasteiger partial charge in [0.05, 0.1) is 18.1 Å². The Morgan fingerprint density at radius 3 is 1.87 bits per heavy atom. The Hall–Kier alpha value is -2.92. The van der Waals surface area contributed by atoms with Crippen LogP contribution in [-0.2, 0) is 14.3 Å². The van der Waals surface area contributed by atoms with E-state index in [1.54, 1.807) is 0 Å². The van der Waals surface area contributed by atoms with E-state index in [1.165, 1.54) is 25.5 Å². The Morgan fingerprint density at radius 1 is 0.746 bits per heavy atom. The van der Waals surface area contributed by atoms with E-state index in [9.17, 15) is 14.7 Å². The number of hydrogen-bond donors (Lipinski definition) is 1. The molecule has 4 fully saturated rings. The van der Waals surface area contributed by atoms with E-state index in [4.69, 9.17) is 9.47 Å².